The fraction of sp³-hybridized carbons (Fsp3) is 0.474. The summed E-state index contributed by atoms with van der Waals surface area (Å²) >= 11 is 0. The molecule has 2 aromatic rings. The fourth-order valence-electron chi connectivity index (χ4n) is 3.82. The van der Waals surface area contributed by atoms with Gasteiger partial charge in [-0.2, -0.15) is 5.10 Å². The lowest BCUT2D eigenvalue weighted by Gasteiger charge is -2.34. The first-order valence-corrected chi connectivity index (χ1v) is 9.22. The minimum absolute atomic E-state index is 0.0676. The molecule has 7 heteroatoms. The summed E-state index contributed by atoms with van der Waals surface area (Å²) < 4.78 is 5.46. The Morgan fingerprint density at radius 2 is 2.12 bits per heavy atom. The number of piperidine rings is 1. The first-order valence-electron chi connectivity index (χ1n) is 9.22. The molecule has 2 aliphatic rings. The molecular weight excluding hydrogens is 330 g/mol. The molecule has 1 aromatic heterocycles. The van der Waals surface area contributed by atoms with Crippen LogP contribution < -0.4 is 20.3 Å². The van der Waals surface area contributed by atoms with Crippen molar-refractivity contribution in [2.45, 2.75) is 31.8 Å². The van der Waals surface area contributed by atoms with Gasteiger partial charge in [-0.1, -0.05) is 12.1 Å². The number of benzene rings is 1. The topological polar surface area (TPSA) is 82.3 Å². The van der Waals surface area contributed by atoms with Crippen molar-refractivity contribution in [2.75, 3.05) is 31.6 Å². The maximum Gasteiger partial charge on any atom is 0.272 e. The van der Waals surface area contributed by atoms with Gasteiger partial charge in [-0.25, -0.2) is 0 Å². The van der Waals surface area contributed by atoms with E-state index in [0.29, 0.717) is 12.2 Å². The van der Waals surface area contributed by atoms with Gasteiger partial charge in [0.1, 0.15) is 5.75 Å². The van der Waals surface area contributed by atoms with Crippen LogP contribution in [0, 0.1) is 0 Å². The van der Waals surface area contributed by atoms with E-state index in [1.54, 1.807) is 7.11 Å². The number of carbonyl (C=O) groups excluding carboxylic acids is 1. The summed E-state index contributed by atoms with van der Waals surface area (Å²) in [5.74, 6) is 0.826. The quantitative estimate of drug-likeness (QED) is 0.774. The Bertz CT molecular complexity index is 780. The number of H-pyrrole nitrogens is 1. The van der Waals surface area contributed by atoms with Gasteiger partial charge in [0.25, 0.3) is 5.91 Å². The molecule has 1 amide bonds. The molecule has 0 atom stereocenters. The van der Waals surface area contributed by atoms with Crippen LogP contribution in [0.25, 0.3) is 0 Å². The molecule has 138 valence electrons. The van der Waals surface area contributed by atoms with Crippen molar-refractivity contribution >= 4 is 11.6 Å². The normalized spacial score (nSPS) is 17.7. The first-order chi connectivity index (χ1) is 12.8. The molecule has 0 unspecified atom stereocenters. The number of fused-ring (bicyclic) bond motifs is 1. The third-order valence-electron chi connectivity index (χ3n) is 5.28. The molecule has 1 fully saturated rings. The van der Waals surface area contributed by atoms with Crippen molar-refractivity contribution < 1.29 is 9.53 Å². The average Bonchev–Trinajstić information content (AvgIpc) is 3.13. The Kier molecular flexibility index (Phi) is 4.79. The van der Waals surface area contributed by atoms with Crippen molar-refractivity contribution in [3.05, 3.63) is 41.2 Å². The number of aromatic nitrogens is 2. The maximum absolute atomic E-state index is 12.6. The summed E-state index contributed by atoms with van der Waals surface area (Å²) in [5, 5.41) is 13.7. The second kappa shape index (κ2) is 7.37. The molecule has 0 spiro atoms. The smallest absolute Gasteiger partial charge is 0.272 e. The van der Waals surface area contributed by atoms with Gasteiger partial charge in [-0.15, -0.1) is 0 Å². The molecule has 0 aliphatic carbocycles. The predicted molar refractivity (Wildman–Crippen MR) is 99.7 cm³/mol. The van der Waals surface area contributed by atoms with Crippen LogP contribution in [0.3, 0.4) is 0 Å². The molecule has 3 N–H and O–H groups in total. The number of anilines is 1. The summed E-state index contributed by atoms with van der Waals surface area (Å²) in [5.41, 5.74) is 3.76. The number of nitrogens with one attached hydrogen (secondary N) is 3. The number of aromatic amines is 1. The van der Waals surface area contributed by atoms with Gasteiger partial charge in [0.15, 0.2) is 5.69 Å². The van der Waals surface area contributed by atoms with Gasteiger partial charge in [0.05, 0.1) is 12.8 Å². The molecule has 0 bridgehead atoms. The number of amides is 1. The Morgan fingerprint density at radius 3 is 2.92 bits per heavy atom. The molecule has 0 radical (unpaired) electrons. The standard InChI is InChI=1S/C19H25N5O2/c1-26-17-5-3-2-4-16(17)24-10-7-13(8-11-24)21-19(25)18-14-12-20-9-6-15(14)22-23-18/h2-5,13,20H,6-12H2,1H3,(H,21,25)(H,22,23). The van der Waals surface area contributed by atoms with E-state index >= 15 is 0 Å². The fourth-order valence-corrected chi connectivity index (χ4v) is 3.82. The molecule has 1 saturated heterocycles. The summed E-state index contributed by atoms with van der Waals surface area (Å²) in [6, 6.07) is 8.26. The van der Waals surface area contributed by atoms with E-state index in [1.807, 2.05) is 18.2 Å². The number of hydrogen-bond donors (Lipinski definition) is 3. The van der Waals surface area contributed by atoms with Crippen LogP contribution in [0.15, 0.2) is 24.3 Å². The zero-order valence-corrected chi connectivity index (χ0v) is 15.0. The Balaban J connectivity index is 1.37. The zero-order chi connectivity index (χ0) is 17.9. The lowest BCUT2D eigenvalue weighted by Crippen LogP contribution is -2.45. The first kappa shape index (κ1) is 16.9. The number of rotatable bonds is 4. The van der Waals surface area contributed by atoms with E-state index in [-0.39, 0.29) is 11.9 Å². The van der Waals surface area contributed by atoms with Gasteiger partial charge < -0.3 is 20.3 Å². The number of methoxy groups -OCH3 is 1. The van der Waals surface area contributed by atoms with Gasteiger partial charge >= 0.3 is 0 Å². The monoisotopic (exact) mass is 355 g/mol. The van der Waals surface area contributed by atoms with Gasteiger partial charge in [-0.3, -0.25) is 9.89 Å². The molecule has 1 aromatic carbocycles. The molecular formula is C19H25N5O2. The number of hydrogen-bond acceptors (Lipinski definition) is 5. The molecule has 7 nitrogen and oxygen atoms in total. The third kappa shape index (κ3) is 3.26. The van der Waals surface area contributed by atoms with E-state index < -0.39 is 0 Å². The van der Waals surface area contributed by atoms with Crippen molar-refractivity contribution in [2.24, 2.45) is 0 Å². The minimum atomic E-state index is -0.0676. The second-order valence-corrected chi connectivity index (χ2v) is 6.86. The van der Waals surface area contributed by atoms with Crippen molar-refractivity contribution in [3.8, 4) is 5.75 Å². The molecule has 3 heterocycles. The van der Waals surface area contributed by atoms with E-state index in [4.69, 9.17) is 4.74 Å². The summed E-state index contributed by atoms with van der Waals surface area (Å²) in [6.45, 7) is 3.43. The highest BCUT2D eigenvalue weighted by atomic mass is 16.5. The minimum Gasteiger partial charge on any atom is -0.495 e. The van der Waals surface area contributed by atoms with Crippen LogP contribution in [-0.4, -0.2) is 48.9 Å². The van der Waals surface area contributed by atoms with Gasteiger partial charge in [-0.05, 0) is 25.0 Å². The number of ether oxygens (including phenoxy) is 1. The van der Waals surface area contributed by atoms with Crippen LogP contribution in [0.4, 0.5) is 5.69 Å². The number of nitrogens with zero attached hydrogens (tertiary/aromatic N) is 2. The summed E-state index contributed by atoms with van der Waals surface area (Å²) in [6.07, 6.45) is 2.72. The molecule has 2 aliphatic heterocycles. The predicted octanol–water partition coefficient (Wildman–Crippen LogP) is 1.46. The molecule has 4 rings (SSSR count). The summed E-state index contributed by atoms with van der Waals surface area (Å²) in [7, 11) is 1.70. The van der Waals surface area contributed by atoms with Crippen LogP contribution in [0.5, 0.6) is 5.75 Å². The largest absolute Gasteiger partial charge is 0.495 e. The van der Waals surface area contributed by atoms with Crippen LogP contribution in [0.1, 0.15) is 34.6 Å². The van der Waals surface area contributed by atoms with Crippen molar-refractivity contribution in [1.82, 2.24) is 20.8 Å². The van der Waals surface area contributed by atoms with Crippen molar-refractivity contribution in [3.63, 3.8) is 0 Å². The Morgan fingerprint density at radius 1 is 1.31 bits per heavy atom. The molecule has 0 saturated carbocycles. The van der Waals surface area contributed by atoms with Gasteiger partial charge in [0, 0.05) is 49.9 Å². The van der Waals surface area contributed by atoms with E-state index in [2.05, 4.69) is 31.8 Å². The number of carbonyl (C=O) groups is 1. The highest BCUT2D eigenvalue weighted by Crippen LogP contribution is 2.30. The third-order valence-corrected chi connectivity index (χ3v) is 5.28. The second-order valence-electron chi connectivity index (χ2n) is 6.86. The SMILES string of the molecule is COc1ccccc1N1CCC(NC(=O)c2n[nH]c3c2CNCC3)CC1. The molecule has 26 heavy (non-hydrogen) atoms. The van der Waals surface area contributed by atoms with E-state index in [1.165, 1.54) is 0 Å². The summed E-state index contributed by atoms with van der Waals surface area (Å²) in [4.78, 5) is 15.0. The van der Waals surface area contributed by atoms with Crippen LogP contribution >= 0.6 is 0 Å². The lowest BCUT2D eigenvalue weighted by atomic mass is 10.0. The van der Waals surface area contributed by atoms with E-state index in [0.717, 1.165) is 61.6 Å². The lowest BCUT2D eigenvalue weighted by molar-refractivity contribution is 0.0925. The van der Waals surface area contributed by atoms with E-state index in [9.17, 15) is 4.79 Å². The van der Waals surface area contributed by atoms with Crippen LogP contribution in [-0.2, 0) is 13.0 Å². The zero-order valence-electron chi connectivity index (χ0n) is 15.0. The van der Waals surface area contributed by atoms with Crippen LogP contribution in [0.2, 0.25) is 0 Å². The Labute approximate surface area is 153 Å². The Hall–Kier alpha value is -2.54. The highest BCUT2D eigenvalue weighted by Gasteiger charge is 2.26. The van der Waals surface area contributed by atoms with Crippen molar-refractivity contribution in [1.29, 1.82) is 0 Å². The highest BCUT2D eigenvalue weighted by molar-refractivity contribution is 5.94. The van der Waals surface area contributed by atoms with Gasteiger partial charge in [0.2, 0.25) is 0 Å². The number of para-hydroxylation sites is 2. The maximum atomic E-state index is 12.6. The average molecular weight is 355 g/mol.